The van der Waals surface area contributed by atoms with Crippen molar-refractivity contribution < 1.29 is 9.59 Å². The van der Waals surface area contributed by atoms with Crippen LogP contribution in [0, 0.1) is 11.3 Å². The predicted octanol–water partition coefficient (Wildman–Crippen LogP) is 0.766. The van der Waals surface area contributed by atoms with Crippen molar-refractivity contribution in [2.24, 2.45) is 0 Å². The zero-order valence-electron chi connectivity index (χ0n) is 9.73. The molecule has 0 aromatic carbocycles. The third-order valence-electron chi connectivity index (χ3n) is 2.26. The second kappa shape index (κ2) is 5.70. The van der Waals surface area contributed by atoms with Crippen molar-refractivity contribution in [1.82, 2.24) is 15.2 Å². The molecule has 0 saturated heterocycles. The van der Waals surface area contributed by atoms with Gasteiger partial charge in [-0.2, -0.15) is 5.26 Å². The van der Waals surface area contributed by atoms with E-state index in [2.05, 4.69) is 10.6 Å². The van der Waals surface area contributed by atoms with Crippen LogP contribution < -0.4 is 10.6 Å². The minimum Gasteiger partial charge on any atom is -0.338 e. The Bertz CT molecular complexity index is 458. The molecule has 17 heavy (non-hydrogen) atoms. The average molecular weight is 234 g/mol. The summed E-state index contributed by atoms with van der Waals surface area (Å²) in [5.74, 6) is -0.455. The molecule has 0 aliphatic rings. The second-order valence-corrected chi connectivity index (χ2v) is 3.44. The highest BCUT2D eigenvalue weighted by molar-refractivity contribution is 5.96. The van der Waals surface area contributed by atoms with Crippen molar-refractivity contribution in [3.8, 4) is 6.07 Å². The lowest BCUT2D eigenvalue weighted by atomic mass is 10.3. The summed E-state index contributed by atoms with van der Waals surface area (Å²) < 4.78 is 1.51. The summed E-state index contributed by atoms with van der Waals surface area (Å²) in [5.41, 5.74) is 0.378. The first kappa shape index (κ1) is 12.8. The van der Waals surface area contributed by atoms with E-state index < -0.39 is 18.0 Å². The van der Waals surface area contributed by atoms with Gasteiger partial charge in [0.15, 0.2) is 0 Å². The number of nitriles is 1. The number of amides is 3. The van der Waals surface area contributed by atoms with Gasteiger partial charge in [-0.3, -0.25) is 10.1 Å². The van der Waals surface area contributed by atoms with Gasteiger partial charge in [0.05, 0.1) is 0 Å². The average Bonchev–Trinajstić information content (AvgIpc) is 2.76. The van der Waals surface area contributed by atoms with Crippen LogP contribution in [0.1, 0.15) is 25.6 Å². The van der Waals surface area contributed by atoms with E-state index in [1.54, 1.807) is 32.2 Å². The fraction of sp³-hybridized carbons (Fsp3) is 0.364. The molecule has 0 spiro atoms. The molecule has 1 rings (SSSR count). The van der Waals surface area contributed by atoms with Crippen molar-refractivity contribution in [3.63, 3.8) is 0 Å². The zero-order chi connectivity index (χ0) is 12.8. The van der Waals surface area contributed by atoms with Crippen LogP contribution in [0.4, 0.5) is 4.79 Å². The Hall–Kier alpha value is -2.29. The number of hydrogen-bond donors (Lipinski definition) is 2. The maximum atomic E-state index is 11.7. The van der Waals surface area contributed by atoms with E-state index in [0.29, 0.717) is 12.2 Å². The first-order valence-electron chi connectivity index (χ1n) is 5.25. The number of hydrogen-bond acceptors (Lipinski definition) is 3. The lowest BCUT2D eigenvalue weighted by Crippen LogP contribution is -2.42. The Kier molecular flexibility index (Phi) is 4.29. The van der Waals surface area contributed by atoms with Crippen LogP contribution in [0.5, 0.6) is 0 Å². The van der Waals surface area contributed by atoms with Gasteiger partial charge in [0.1, 0.15) is 17.8 Å². The predicted molar refractivity (Wildman–Crippen MR) is 61.1 cm³/mol. The number of aromatic nitrogens is 1. The molecule has 3 amide bonds. The number of rotatable bonds is 3. The molecule has 0 radical (unpaired) electrons. The molecule has 90 valence electrons. The number of nitrogens with one attached hydrogen (secondary N) is 2. The fourth-order valence-electron chi connectivity index (χ4n) is 1.37. The van der Waals surface area contributed by atoms with Gasteiger partial charge in [0.2, 0.25) is 0 Å². The van der Waals surface area contributed by atoms with Gasteiger partial charge in [0, 0.05) is 12.7 Å². The molecular formula is C11H14N4O2. The van der Waals surface area contributed by atoms with Gasteiger partial charge in [-0.15, -0.1) is 0 Å². The summed E-state index contributed by atoms with van der Waals surface area (Å²) in [6.07, 6.45) is 1.63. The van der Waals surface area contributed by atoms with Crippen LogP contribution in [-0.2, 0) is 4.79 Å². The molecule has 6 nitrogen and oxygen atoms in total. The molecule has 0 bridgehead atoms. The van der Waals surface area contributed by atoms with E-state index in [4.69, 9.17) is 5.26 Å². The zero-order valence-corrected chi connectivity index (χ0v) is 9.73. The summed E-state index contributed by atoms with van der Waals surface area (Å²) in [6.45, 7) is 3.82. The van der Waals surface area contributed by atoms with E-state index in [1.807, 2.05) is 6.07 Å². The highest BCUT2D eigenvalue weighted by atomic mass is 16.2. The van der Waals surface area contributed by atoms with Crippen molar-refractivity contribution in [3.05, 3.63) is 24.0 Å². The molecule has 1 atom stereocenters. The molecule has 6 heteroatoms. The van der Waals surface area contributed by atoms with Crippen molar-refractivity contribution in [2.75, 3.05) is 6.54 Å². The number of carbonyl (C=O) groups excluding carboxylic acids is 2. The van der Waals surface area contributed by atoms with Crippen LogP contribution in [0.25, 0.3) is 0 Å². The van der Waals surface area contributed by atoms with E-state index in [-0.39, 0.29) is 0 Å². The molecule has 1 aromatic rings. The van der Waals surface area contributed by atoms with E-state index in [9.17, 15) is 9.59 Å². The first-order valence-corrected chi connectivity index (χ1v) is 5.25. The smallest absolute Gasteiger partial charge is 0.321 e. The summed E-state index contributed by atoms with van der Waals surface area (Å²) in [6, 6.07) is 4.11. The quantitative estimate of drug-likeness (QED) is 0.809. The highest BCUT2D eigenvalue weighted by Crippen LogP contribution is 2.10. The van der Waals surface area contributed by atoms with Gasteiger partial charge in [0.25, 0.3) is 5.91 Å². The van der Waals surface area contributed by atoms with Gasteiger partial charge in [-0.05, 0) is 26.0 Å². The Balaban J connectivity index is 2.71. The summed E-state index contributed by atoms with van der Waals surface area (Å²) in [5, 5.41) is 13.5. The van der Waals surface area contributed by atoms with E-state index >= 15 is 0 Å². The molecule has 1 unspecified atom stereocenters. The van der Waals surface area contributed by atoms with Crippen molar-refractivity contribution in [1.29, 1.82) is 5.26 Å². The molecule has 0 aliphatic heterocycles. The summed E-state index contributed by atoms with van der Waals surface area (Å²) >= 11 is 0. The summed E-state index contributed by atoms with van der Waals surface area (Å²) in [4.78, 5) is 22.9. The highest BCUT2D eigenvalue weighted by Gasteiger charge is 2.18. The van der Waals surface area contributed by atoms with Crippen molar-refractivity contribution in [2.45, 2.75) is 19.9 Å². The van der Waals surface area contributed by atoms with Gasteiger partial charge < -0.3 is 9.88 Å². The Morgan fingerprint density at radius 3 is 2.88 bits per heavy atom. The number of nitrogens with zero attached hydrogens (tertiary/aromatic N) is 2. The van der Waals surface area contributed by atoms with E-state index in [1.165, 1.54) is 4.57 Å². The number of imide groups is 1. The molecule has 1 aromatic heterocycles. The minimum absolute atomic E-state index is 0.378. The normalized spacial score (nSPS) is 11.4. The SMILES string of the molecule is CCNC(=O)NC(=O)C(C)n1cccc1C#N. The molecule has 0 fully saturated rings. The Labute approximate surface area is 99.2 Å². The summed E-state index contributed by atoms with van der Waals surface area (Å²) in [7, 11) is 0. The van der Waals surface area contributed by atoms with Crippen LogP contribution in [0.3, 0.4) is 0 Å². The van der Waals surface area contributed by atoms with Crippen LogP contribution in [0.15, 0.2) is 18.3 Å². The third kappa shape index (κ3) is 3.08. The van der Waals surface area contributed by atoms with Gasteiger partial charge in [-0.25, -0.2) is 4.79 Å². The van der Waals surface area contributed by atoms with Crippen LogP contribution in [0.2, 0.25) is 0 Å². The molecule has 0 saturated carbocycles. The van der Waals surface area contributed by atoms with E-state index in [0.717, 1.165) is 0 Å². The van der Waals surface area contributed by atoms with Gasteiger partial charge >= 0.3 is 6.03 Å². The maximum Gasteiger partial charge on any atom is 0.321 e. The van der Waals surface area contributed by atoms with Crippen molar-refractivity contribution >= 4 is 11.9 Å². The Morgan fingerprint density at radius 2 is 2.29 bits per heavy atom. The van der Waals surface area contributed by atoms with Gasteiger partial charge in [-0.1, -0.05) is 0 Å². The maximum absolute atomic E-state index is 11.7. The lowest BCUT2D eigenvalue weighted by molar-refractivity contribution is -0.122. The Morgan fingerprint density at radius 1 is 1.59 bits per heavy atom. The standard InChI is InChI=1S/C11H14N4O2/c1-3-13-11(17)14-10(16)8(2)15-6-4-5-9(15)7-12/h4-6,8H,3H2,1-2H3,(H2,13,14,16,17). The molecule has 1 heterocycles. The van der Waals surface area contributed by atoms with Crippen LogP contribution in [-0.4, -0.2) is 23.1 Å². The molecule has 2 N–H and O–H groups in total. The first-order chi connectivity index (χ1) is 8.10. The monoisotopic (exact) mass is 234 g/mol. The number of carbonyl (C=O) groups is 2. The largest absolute Gasteiger partial charge is 0.338 e. The number of urea groups is 1. The topological polar surface area (TPSA) is 86.9 Å². The van der Waals surface area contributed by atoms with Crippen LogP contribution >= 0.6 is 0 Å². The molecule has 0 aliphatic carbocycles. The third-order valence-corrected chi connectivity index (χ3v) is 2.26. The fourth-order valence-corrected chi connectivity index (χ4v) is 1.37. The molecular weight excluding hydrogens is 220 g/mol. The lowest BCUT2D eigenvalue weighted by Gasteiger charge is -2.14. The second-order valence-electron chi connectivity index (χ2n) is 3.44. The minimum atomic E-state index is -0.609.